The number of likely N-dealkylation sites (N-methyl/N-ethyl adjacent to an activating group) is 1. The highest BCUT2D eigenvalue weighted by atomic mass is 19.1. The van der Waals surface area contributed by atoms with E-state index < -0.39 is 5.82 Å². The van der Waals surface area contributed by atoms with Gasteiger partial charge in [0.2, 0.25) is 17.7 Å². The molecule has 1 heterocycles. The number of nitrogens with one attached hydrogen (secondary N) is 1. The maximum absolute atomic E-state index is 13.2. The highest BCUT2D eigenvalue weighted by Gasteiger charge is 2.21. The lowest BCUT2D eigenvalue weighted by Gasteiger charge is -2.21. The summed E-state index contributed by atoms with van der Waals surface area (Å²) in [6.45, 7) is 3.97. The Hall–Kier alpha value is -3.06. The van der Waals surface area contributed by atoms with Crippen molar-refractivity contribution in [2.75, 3.05) is 18.9 Å². The molecule has 0 bridgehead atoms. The summed E-state index contributed by atoms with van der Waals surface area (Å²) >= 11 is 0. The third-order valence-electron chi connectivity index (χ3n) is 4.23. The summed E-state index contributed by atoms with van der Waals surface area (Å²) in [6.07, 6.45) is 0. The van der Waals surface area contributed by atoms with Crippen molar-refractivity contribution in [2.45, 2.75) is 19.9 Å². The molecule has 0 saturated carbocycles. The first kappa shape index (κ1) is 18.7. The van der Waals surface area contributed by atoms with E-state index in [4.69, 9.17) is 4.42 Å². The molecule has 0 radical (unpaired) electrons. The van der Waals surface area contributed by atoms with Crippen LogP contribution in [0, 0.1) is 12.7 Å². The largest absolute Gasteiger partial charge is 0.419 e. The molecule has 140 valence electrons. The number of anilines is 1. The third-order valence-corrected chi connectivity index (χ3v) is 4.23. The molecule has 3 rings (SSSR count). The molecule has 1 N–H and O–H groups in total. The SMILES string of the molecule is Cc1cccc(-c2nnc([C@@H](C)N(C)CC(=O)Nc3cccc(F)c3)o2)c1. The number of aryl methyl sites for hydroxylation is 1. The Bertz CT molecular complexity index is 941. The van der Waals surface area contributed by atoms with Crippen LogP contribution in [0.15, 0.2) is 52.9 Å². The highest BCUT2D eigenvalue weighted by molar-refractivity contribution is 5.92. The number of hydrogen-bond donors (Lipinski definition) is 1. The zero-order valence-electron chi connectivity index (χ0n) is 15.4. The van der Waals surface area contributed by atoms with Gasteiger partial charge in [0.1, 0.15) is 5.82 Å². The molecule has 1 amide bonds. The van der Waals surface area contributed by atoms with Crippen LogP contribution in [0.3, 0.4) is 0 Å². The van der Waals surface area contributed by atoms with E-state index in [0.29, 0.717) is 17.5 Å². The molecule has 2 aromatic carbocycles. The normalized spacial score (nSPS) is 12.2. The molecular weight excluding hydrogens is 347 g/mol. The summed E-state index contributed by atoms with van der Waals surface area (Å²) in [5.74, 6) is 0.211. The molecule has 7 heteroatoms. The van der Waals surface area contributed by atoms with Gasteiger partial charge in [0, 0.05) is 11.3 Å². The van der Waals surface area contributed by atoms with Gasteiger partial charge in [0.15, 0.2) is 0 Å². The Balaban J connectivity index is 1.63. The molecule has 0 unspecified atom stereocenters. The summed E-state index contributed by atoms with van der Waals surface area (Å²) in [7, 11) is 1.78. The molecule has 1 atom stereocenters. The fourth-order valence-electron chi connectivity index (χ4n) is 2.62. The number of carbonyl (C=O) groups is 1. The van der Waals surface area contributed by atoms with Gasteiger partial charge in [-0.25, -0.2) is 4.39 Å². The van der Waals surface area contributed by atoms with Crippen molar-refractivity contribution in [3.63, 3.8) is 0 Å². The predicted molar refractivity (Wildman–Crippen MR) is 101 cm³/mol. The molecule has 6 nitrogen and oxygen atoms in total. The Morgan fingerprint density at radius 1 is 1.22 bits per heavy atom. The van der Waals surface area contributed by atoms with Gasteiger partial charge in [-0.1, -0.05) is 23.8 Å². The Morgan fingerprint density at radius 3 is 2.74 bits per heavy atom. The molecule has 1 aromatic heterocycles. The third kappa shape index (κ3) is 4.77. The van der Waals surface area contributed by atoms with Crippen molar-refractivity contribution in [3.05, 3.63) is 65.8 Å². The molecule has 0 aliphatic rings. The minimum absolute atomic E-state index is 0.0971. The monoisotopic (exact) mass is 368 g/mol. The fraction of sp³-hybridized carbons (Fsp3) is 0.250. The minimum atomic E-state index is -0.399. The average Bonchev–Trinajstić information content (AvgIpc) is 3.11. The Morgan fingerprint density at radius 2 is 2.00 bits per heavy atom. The van der Waals surface area contributed by atoms with E-state index in [1.807, 2.05) is 38.1 Å². The van der Waals surface area contributed by atoms with Crippen molar-refractivity contribution in [1.29, 1.82) is 0 Å². The van der Waals surface area contributed by atoms with Gasteiger partial charge in [0.05, 0.1) is 12.6 Å². The second-order valence-corrected chi connectivity index (χ2v) is 6.46. The van der Waals surface area contributed by atoms with E-state index in [1.54, 1.807) is 24.1 Å². The minimum Gasteiger partial charge on any atom is -0.419 e. The van der Waals surface area contributed by atoms with Crippen molar-refractivity contribution in [3.8, 4) is 11.5 Å². The number of halogens is 1. The van der Waals surface area contributed by atoms with Crippen molar-refractivity contribution >= 4 is 11.6 Å². The molecule has 0 fully saturated rings. The van der Waals surface area contributed by atoms with Crippen molar-refractivity contribution in [2.24, 2.45) is 0 Å². The van der Waals surface area contributed by atoms with Gasteiger partial charge in [-0.05, 0) is 51.2 Å². The Kier molecular flexibility index (Phi) is 5.61. The number of nitrogens with zero attached hydrogens (tertiary/aromatic N) is 3. The summed E-state index contributed by atoms with van der Waals surface area (Å²) < 4.78 is 19.0. The van der Waals surface area contributed by atoms with E-state index in [9.17, 15) is 9.18 Å². The molecule has 27 heavy (non-hydrogen) atoms. The average molecular weight is 368 g/mol. The number of aromatic nitrogens is 2. The number of rotatable bonds is 6. The Labute approximate surface area is 157 Å². The van der Waals surface area contributed by atoms with E-state index in [-0.39, 0.29) is 18.5 Å². The fourth-order valence-corrected chi connectivity index (χ4v) is 2.62. The van der Waals surface area contributed by atoms with Gasteiger partial charge in [-0.15, -0.1) is 10.2 Å². The van der Waals surface area contributed by atoms with Crippen LogP contribution in [-0.4, -0.2) is 34.6 Å². The van der Waals surface area contributed by atoms with Crippen LogP contribution in [0.1, 0.15) is 24.4 Å². The first-order valence-corrected chi connectivity index (χ1v) is 8.58. The van der Waals surface area contributed by atoms with Gasteiger partial charge in [0.25, 0.3) is 0 Å². The van der Waals surface area contributed by atoms with E-state index in [1.165, 1.54) is 12.1 Å². The van der Waals surface area contributed by atoms with E-state index >= 15 is 0 Å². The van der Waals surface area contributed by atoms with Crippen LogP contribution in [0.25, 0.3) is 11.5 Å². The quantitative estimate of drug-likeness (QED) is 0.716. The van der Waals surface area contributed by atoms with E-state index in [0.717, 1.165) is 11.1 Å². The van der Waals surface area contributed by atoms with Crippen molar-refractivity contribution in [1.82, 2.24) is 15.1 Å². The standard InChI is InChI=1S/C20H21FN4O2/c1-13-6-4-7-15(10-13)20-24-23-19(27-20)14(2)25(3)12-18(26)22-17-9-5-8-16(21)11-17/h4-11,14H,12H2,1-3H3,(H,22,26)/t14-/m1/s1. The van der Waals surface area contributed by atoms with Crippen LogP contribution in [-0.2, 0) is 4.79 Å². The molecule has 3 aromatic rings. The summed E-state index contributed by atoms with van der Waals surface area (Å²) in [5, 5.41) is 10.9. The lowest BCUT2D eigenvalue weighted by atomic mass is 10.1. The van der Waals surface area contributed by atoms with Gasteiger partial charge < -0.3 is 9.73 Å². The molecular formula is C20H21FN4O2. The molecule has 0 saturated heterocycles. The highest BCUT2D eigenvalue weighted by Crippen LogP contribution is 2.23. The summed E-state index contributed by atoms with van der Waals surface area (Å²) in [4.78, 5) is 14.0. The number of carbonyl (C=O) groups excluding carboxylic acids is 1. The smallest absolute Gasteiger partial charge is 0.247 e. The maximum Gasteiger partial charge on any atom is 0.247 e. The lowest BCUT2D eigenvalue weighted by Crippen LogP contribution is -2.32. The van der Waals surface area contributed by atoms with E-state index in [2.05, 4.69) is 15.5 Å². The molecule has 0 spiro atoms. The summed E-state index contributed by atoms with van der Waals surface area (Å²) in [6, 6.07) is 13.3. The maximum atomic E-state index is 13.2. The molecule has 0 aliphatic carbocycles. The van der Waals surface area contributed by atoms with Crippen molar-refractivity contribution < 1.29 is 13.6 Å². The van der Waals surface area contributed by atoms with Gasteiger partial charge in [-0.3, -0.25) is 9.69 Å². The zero-order valence-corrected chi connectivity index (χ0v) is 15.4. The first-order chi connectivity index (χ1) is 12.9. The predicted octanol–water partition coefficient (Wildman–Crippen LogP) is 3.82. The number of hydrogen-bond acceptors (Lipinski definition) is 5. The second-order valence-electron chi connectivity index (χ2n) is 6.46. The van der Waals surface area contributed by atoms with Crippen LogP contribution < -0.4 is 5.32 Å². The number of amides is 1. The topological polar surface area (TPSA) is 71.3 Å². The van der Waals surface area contributed by atoms with Gasteiger partial charge in [-0.2, -0.15) is 0 Å². The molecule has 0 aliphatic heterocycles. The second kappa shape index (κ2) is 8.09. The first-order valence-electron chi connectivity index (χ1n) is 8.58. The van der Waals surface area contributed by atoms with Crippen LogP contribution in [0.2, 0.25) is 0 Å². The zero-order chi connectivity index (χ0) is 19.4. The van der Waals surface area contributed by atoms with Crippen LogP contribution in [0.4, 0.5) is 10.1 Å². The number of benzene rings is 2. The lowest BCUT2D eigenvalue weighted by molar-refractivity contribution is -0.117. The van der Waals surface area contributed by atoms with Gasteiger partial charge >= 0.3 is 0 Å². The van der Waals surface area contributed by atoms with Crippen LogP contribution >= 0.6 is 0 Å². The summed E-state index contributed by atoms with van der Waals surface area (Å²) in [5.41, 5.74) is 2.37. The van der Waals surface area contributed by atoms with Crippen LogP contribution in [0.5, 0.6) is 0 Å².